The van der Waals surface area contributed by atoms with Crippen molar-refractivity contribution >= 4 is 33.3 Å². The van der Waals surface area contributed by atoms with Crippen LogP contribution in [0.1, 0.15) is 23.2 Å². The number of ether oxygens (including phenoxy) is 1. The predicted octanol–water partition coefficient (Wildman–Crippen LogP) is 4.06. The molecule has 0 radical (unpaired) electrons. The number of benzene rings is 2. The molecule has 0 bridgehead atoms. The lowest BCUT2D eigenvalue weighted by atomic mass is 10.1. The normalized spacial score (nSPS) is 10.1. The number of carbonyl (C=O) groups excluding carboxylic acids is 2. The zero-order valence-electron chi connectivity index (χ0n) is 12.1. The topological polar surface area (TPSA) is 55.4 Å². The summed E-state index contributed by atoms with van der Waals surface area (Å²) in [6.45, 7) is 0. The van der Waals surface area contributed by atoms with E-state index >= 15 is 0 Å². The second-order valence-electron chi connectivity index (χ2n) is 4.71. The lowest BCUT2D eigenvalue weighted by molar-refractivity contribution is -0.116. The van der Waals surface area contributed by atoms with E-state index in [4.69, 9.17) is 4.74 Å². The Kier molecular flexibility index (Phi) is 5.72. The fourth-order valence-corrected chi connectivity index (χ4v) is 2.20. The lowest BCUT2D eigenvalue weighted by Gasteiger charge is -2.07. The highest BCUT2D eigenvalue weighted by Crippen LogP contribution is 2.17. The summed E-state index contributed by atoms with van der Waals surface area (Å²) in [5, 5.41) is 2.75. The van der Waals surface area contributed by atoms with Gasteiger partial charge < -0.3 is 10.1 Å². The molecular formula is C17H16BrNO3. The van der Waals surface area contributed by atoms with E-state index < -0.39 is 0 Å². The average Bonchev–Trinajstić information content (AvgIpc) is 2.53. The summed E-state index contributed by atoms with van der Waals surface area (Å²) >= 11 is 3.32. The Bertz CT molecular complexity index is 668. The molecule has 0 saturated heterocycles. The van der Waals surface area contributed by atoms with E-state index in [0.29, 0.717) is 17.0 Å². The van der Waals surface area contributed by atoms with Crippen molar-refractivity contribution < 1.29 is 14.3 Å². The second kappa shape index (κ2) is 7.75. The van der Waals surface area contributed by atoms with Crippen molar-refractivity contribution in [2.75, 3.05) is 12.4 Å². The van der Waals surface area contributed by atoms with Gasteiger partial charge in [-0.15, -0.1) is 0 Å². The summed E-state index contributed by atoms with van der Waals surface area (Å²) < 4.78 is 6.01. The molecule has 1 amide bonds. The van der Waals surface area contributed by atoms with Crippen molar-refractivity contribution in [3.63, 3.8) is 0 Å². The van der Waals surface area contributed by atoms with Crippen molar-refractivity contribution in [2.45, 2.75) is 12.8 Å². The van der Waals surface area contributed by atoms with Gasteiger partial charge in [-0.2, -0.15) is 0 Å². The molecule has 0 atom stereocenters. The summed E-state index contributed by atoms with van der Waals surface area (Å²) in [5.74, 6) is 0.427. The molecule has 114 valence electrons. The molecule has 0 aromatic heterocycles. The zero-order valence-corrected chi connectivity index (χ0v) is 13.7. The highest BCUT2D eigenvalue weighted by atomic mass is 79.9. The molecule has 1 N–H and O–H groups in total. The molecule has 0 saturated carbocycles. The molecule has 0 aliphatic carbocycles. The molecule has 0 aliphatic rings. The number of anilines is 1. The monoisotopic (exact) mass is 361 g/mol. The van der Waals surface area contributed by atoms with Crippen LogP contribution in [0.3, 0.4) is 0 Å². The van der Waals surface area contributed by atoms with Gasteiger partial charge in [-0.1, -0.05) is 34.1 Å². The van der Waals surface area contributed by atoms with Gasteiger partial charge in [0.15, 0.2) is 5.78 Å². The van der Waals surface area contributed by atoms with Crippen LogP contribution in [0, 0.1) is 0 Å². The van der Waals surface area contributed by atoms with Crippen LogP contribution in [0.25, 0.3) is 0 Å². The Balaban J connectivity index is 1.87. The van der Waals surface area contributed by atoms with Crippen LogP contribution in [0.5, 0.6) is 5.75 Å². The molecule has 0 fully saturated rings. The van der Waals surface area contributed by atoms with Gasteiger partial charge in [-0.05, 0) is 24.3 Å². The number of hydrogen-bond acceptors (Lipinski definition) is 3. The Morgan fingerprint density at radius 2 is 1.82 bits per heavy atom. The largest absolute Gasteiger partial charge is 0.497 e. The molecule has 22 heavy (non-hydrogen) atoms. The first-order chi connectivity index (χ1) is 10.6. The third-order valence-corrected chi connectivity index (χ3v) is 3.63. The Morgan fingerprint density at radius 1 is 1.09 bits per heavy atom. The van der Waals surface area contributed by atoms with E-state index in [9.17, 15) is 9.59 Å². The molecule has 0 spiro atoms. The van der Waals surface area contributed by atoms with Crippen molar-refractivity contribution in [2.24, 2.45) is 0 Å². The van der Waals surface area contributed by atoms with Crippen LogP contribution in [-0.2, 0) is 4.79 Å². The molecule has 2 aromatic carbocycles. The highest BCUT2D eigenvalue weighted by Gasteiger charge is 2.09. The van der Waals surface area contributed by atoms with E-state index in [1.807, 2.05) is 12.1 Å². The van der Waals surface area contributed by atoms with Gasteiger partial charge in [0.05, 0.1) is 7.11 Å². The maximum Gasteiger partial charge on any atom is 0.224 e. The van der Waals surface area contributed by atoms with Gasteiger partial charge in [-0.25, -0.2) is 0 Å². The molecule has 2 aromatic rings. The molecule has 0 heterocycles. The van der Waals surface area contributed by atoms with Gasteiger partial charge in [0.1, 0.15) is 5.75 Å². The third kappa shape index (κ3) is 4.70. The highest BCUT2D eigenvalue weighted by molar-refractivity contribution is 9.10. The van der Waals surface area contributed by atoms with E-state index in [1.54, 1.807) is 43.5 Å². The zero-order chi connectivity index (χ0) is 15.9. The van der Waals surface area contributed by atoms with Gasteiger partial charge in [0, 0.05) is 34.6 Å². The summed E-state index contributed by atoms with van der Waals surface area (Å²) in [4.78, 5) is 23.9. The van der Waals surface area contributed by atoms with Crippen LogP contribution < -0.4 is 10.1 Å². The number of amides is 1. The molecular weight excluding hydrogens is 346 g/mol. The average molecular weight is 362 g/mol. The maximum absolute atomic E-state index is 12.0. The van der Waals surface area contributed by atoms with Crippen LogP contribution >= 0.6 is 15.9 Å². The van der Waals surface area contributed by atoms with Crippen LogP contribution in [0.15, 0.2) is 53.0 Å². The van der Waals surface area contributed by atoms with Crippen LogP contribution in [0.2, 0.25) is 0 Å². The van der Waals surface area contributed by atoms with Crippen molar-refractivity contribution in [1.29, 1.82) is 0 Å². The van der Waals surface area contributed by atoms with Gasteiger partial charge in [0.2, 0.25) is 5.91 Å². The number of methoxy groups -OCH3 is 1. The van der Waals surface area contributed by atoms with E-state index in [2.05, 4.69) is 21.2 Å². The number of rotatable bonds is 6. The lowest BCUT2D eigenvalue weighted by Crippen LogP contribution is -2.13. The fraction of sp³-hybridized carbons (Fsp3) is 0.176. The smallest absolute Gasteiger partial charge is 0.224 e. The van der Waals surface area contributed by atoms with E-state index in [1.165, 1.54) is 0 Å². The van der Waals surface area contributed by atoms with E-state index in [0.717, 1.165) is 4.47 Å². The molecule has 2 rings (SSSR count). The second-order valence-corrected chi connectivity index (χ2v) is 5.63. The number of carbonyl (C=O) groups is 2. The van der Waals surface area contributed by atoms with Crippen molar-refractivity contribution in [3.8, 4) is 5.75 Å². The summed E-state index contributed by atoms with van der Waals surface area (Å²) in [5.41, 5.74) is 1.26. The number of hydrogen-bond donors (Lipinski definition) is 1. The molecule has 5 heteroatoms. The molecule has 0 aliphatic heterocycles. The first kappa shape index (κ1) is 16.2. The first-order valence-corrected chi connectivity index (χ1v) is 7.60. The van der Waals surface area contributed by atoms with Crippen molar-refractivity contribution in [1.82, 2.24) is 0 Å². The third-order valence-electron chi connectivity index (χ3n) is 3.10. The fourth-order valence-electron chi connectivity index (χ4n) is 1.93. The van der Waals surface area contributed by atoms with Gasteiger partial charge in [-0.3, -0.25) is 9.59 Å². The Morgan fingerprint density at radius 3 is 2.50 bits per heavy atom. The summed E-state index contributed by atoms with van der Waals surface area (Å²) in [6, 6.07) is 14.2. The molecule has 0 unspecified atom stereocenters. The minimum atomic E-state index is -0.196. The van der Waals surface area contributed by atoms with Crippen LogP contribution in [-0.4, -0.2) is 18.8 Å². The number of Topliss-reactive ketones (excluding diaryl/α,β-unsaturated/α-hetero) is 1. The predicted molar refractivity (Wildman–Crippen MR) is 89.3 cm³/mol. The van der Waals surface area contributed by atoms with Crippen LogP contribution in [0.4, 0.5) is 5.69 Å². The molecule has 4 nitrogen and oxygen atoms in total. The van der Waals surface area contributed by atoms with Crippen molar-refractivity contribution in [3.05, 3.63) is 58.6 Å². The number of nitrogens with one attached hydrogen (secondary N) is 1. The van der Waals surface area contributed by atoms with Gasteiger partial charge in [0.25, 0.3) is 0 Å². The Hall–Kier alpha value is -2.14. The summed E-state index contributed by atoms with van der Waals surface area (Å²) in [6.07, 6.45) is 0.323. The quantitative estimate of drug-likeness (QED) is 0.789. The van der Waals surface area contributed by atoms with E-state index in [-0.39, 0.29) is 24.5 Å². The SMILES string of the molecule is COc1cccc(NC(=O)CCC(=O)c2ccc(Br)cc2)c1. The van der Waals surface area contributed by atoms with Gasteiger partial charge >= 0.3 is 0 Å². The number of halogens is 1. The minimum absolute atomic E-state index is 0.0479. The maximum atomic E-state index is 12.0. The standard InChI is InChI=1S/C17H16BrNO3/c1-22-15-4-2-3-14(11-15)19-17(21)10-9-16(20)12-5-7-13(18)8-6-12/h2-8,11H,9-10H2,1H3,(H,19,21). The first-order valence-electron chi connectivity index (χ1n) is 6.81. The Labute approximate surface area is 137 Å². The minimum Gasteiger partial charge on any atom is -0.497 e. The summed E-state index contributed by atoms with van der Waals surface area (Å²) in [7, 11) is 1.57. The number of ketones is 1.